The van der Waals surface area contributed by atoms with Gasteiger partial charge in [0.15, 0.2) is 0 Å². The Kier molecular flexibility index (Phi) is 1.96. The number of benzene rings is 1. The second-order valence-corrected chi connectivity index (χ2v) is 2.72. The normalized spacial score (nSPS) is 9.85. The summed E-state index contributed by atoms with van der Waals surface area (Å²) in [4.78, 5) is 3.70. The average Bonchev–Trinajstić information content (AvgIpc) is 2.20. The summed E-state index contributed by atoms with van der Waals surface area (Å²) < 4.78 is 0. The minimum absolute atomic E-state index is 0.172. The summed E-state index contributed by atoms with van der Waals surface area (Å²) in [5.41, 5.74) is 1.57. The van der Waals surface area contributed by atoms with Crippen molar-refractivity contribution >= 4 is 0 Å². The fraction of sp³-hybridized carbons (Fsp3) is 0. The molecule has 1 heterocycles. The number of aromatic nitrogens is 1. The quantitative estimate of drug-likeness (QED) is 0.647. The molecule has 0 atom stereocenters. The molecule has 2 rings (SSSR count). The Bertz CT molecular complexity index is 398. The second kappa shape index (κ2) is 3.27. The van der Waals surface area contributed by atoms with E-state index in [9.17, 15) is 5.11 Å². The van der Waals surface area contributed by atoms with Crippen molar-refractivity contribution in [2.75, 3.05) is 0 Å². The second-order valence-electron chi connectivity index (χ2n) is 2.72. The Morgan fingerprint density at radius 1 is 0.923 bits per heavy atom. The van der Waals surface area contributed by atoms with E-state index in [-0.39, 0.29) is 5.88 Å². The summed E-state index contributed by atoms with van der Waals surface area (Å²) >= 11 is 0. The number of hydrogen-bond acceptors (Lipinski definition) is 1. The van der Waals surface area contributed by atoms with Gasteiger partial charge in [0.25, 0.3) is 5.88 Å². The van der Waals surface area contributed by atoms with Gasteiger partial charge in [0, 0.05) is 11.8 Å². The van der Waals surface area contributed by atoms with Crippen molar-refractivity contribution in [1.82, 2.24) is 4.98 Å². The predicted octanol–water partition coefficient (Wildman–Crippen LogP) is 2.89. The van der Waals surface area contributed by atoms with E-state index >= 15 is 0 Å². The van der Waals surface area contributed by atoms with Gasteiger partial charge in [0.1, 0.15) is 0 Å². The van der Waals surface area contributed by atoms with Gasteiger partial charge in [0.2, 0.25) is 0 Å². The first-order valence-electron chi connectivity index (χ1n) is 4.05. The molecular weight excluding hydrogens is 162 g/mol. The Morgan fingerprint density at radius 3 is 2.38 bits per heavy atom. The van der Waals surface area contributed by atoms with Crippen LogP contribution in [0.2, 0.25) is 0 Å². The first-order valence-corrected chi connectivity index (χ1v) is 4.05. The van der Waals surface area contributed by atoms with Crippen LogP contribution in [0.5, 0.6) is 5.88 Å². The lowest BCUT2D eigenvalue weighted by Gasteiger charge is -1.99. The third-order valence-corrected chi connectivity index (χ3v) is 1.86. The molecule has 1 aromatic heterocycles. The molecule has 0 bridgehead atoms. The summed E-state index contributed by atoms with van der Waals surface area (Å²) in [6, 6.07) is 13.1. The van der Waals surface area contributed by atoms with E-state index in [0.717, 1.165) is 5.56 Å². The van der Waals surface area contributed by atoms with Crippen LogP contribution in [-0.2, 0) is 5.11 Å². The van der Waals surface area contributed by atoms with Crippen molar-refractivity contribution in [3.8, 4) is 17.0 Å². The number of hydrogen-bond donors (Lipinski definition) is 0. The average molecular weight is 170 g/mol. The molecule has 13 heavy (non-hydrogen) atoms. The number of nitrogens with zero attached hydrogens (tertiary/aromatic N) is 1. The molecule has 63 valence electrons. The third kappa shape index (κ3) is 1.51. The van der Waals surface area contributed by atoms with Crippen LogP contribution in [0.1, 0.15) is 0 Å². The highest BCUT2D eigenvalue weighted by atomic mass is 16.3. The minimum Gasteiger partial charge on any atom is -0.267 e. The Hall–Kier alpha value is -1.83. The van der Waals surface area contributed by atoms with Gasteiger partial charge in [-0.1, -0.05) is 30.3 Å². The van der Waals surface area contributed by atoms with Crippen molar-refractivity contribution in [2.45, 2.75) is 0 Å². The molecule has 1 radical (unpaired) electrons. The molecule has 2 nitrogen and oxygen atoms in total. The van der Waals surface area contributed by atoms with Crippen molar-refractivity contribution in [2.24, 2.45) is 0 Å². The summed E-state index contributed by atoms with van der Waals surface area (Å²) in [5.74, 6) is -0.172. The van der Waals surface area contributed by atoms with Gasteiger partial charge in [-0.2, -0.15) is 0 Å². The first-order chi connectivity index (χ1) is 6.38. The third-order valence-electron chi connectivity index (χ3n) is 1.86. The van der Waals surface area contributed by atoms with Crippen molar-refractivity contribution in [1.29, 1.82) is 0 Å². The zero-order chi connectivity index (χ0) is 9.10. The van der Waals surface area contributed by atoms with Gasteiger partial charge in [0.05, 0.1) is 0 Å². The molecule has 0 N–H and O–H groups in total. The smallest absolute Gasteiger partial charge is 0.267 e. The summed E-state index contributed by atoms with van der Waals surface area (Å²) in [6.07, 6.45) is 1.51. The lowest BCUT2D eigenvalue weighted by atomic mass is 10.1. The highest BCUT2D eigenvalue weighted by Gasteiger charge is 2.03. The van der Waals surface area contributed by atoms with Crippen LogP contribution in [0.4, 0.5) is 0 Å². The topological polar surface area (TPSA) is 32.8 Å². The van der Waals surface area contributed by atoms with Crippen LogP contribution in [0.25, 0.3) is 11.1 Å². The molecular formula is C11H8NO. The van der Waals surface area contributed by atoms with E-state index in [4.69, 9.17) is 0 Å². The lowest BCUT2D eigenvalue weighted by molar-refractivity contribution is 0.339. The maximum atomic E-state index is 11.3. The Morgan fingerprint density at radius 2 is 1.69 bits per heavy atom. The van der Waals surface area contributed by atoms with Crippen LogP contribution < -0.4 is 0 Å². The molecule has 0 aliphatic carbocycles. The number of rotatable bonds is 1. The molecule has 1 aromatic carbocycles. The molecule has 0 unspecified atom stereocenters. The van der Waals surface area contributed by atoms with Gasteiger partial charge in [-0.3, -0.25) is 5.11 Å². The SMILES string of the molecule is [O]c1ncccc1-c1ccccc1. The molecule has 0 saturated carbocycles. The molecule has 0 saturated heterocycles. The minimum atomic E-state index is -0.172. The molecule has 0 fully saturated rings. The molecule has 0 spiro atoms. The van der Waals surface area contributed by atoms with Crippen LogP contribution in [0, 0.1) is 0 Å². The summed E-state index contributed by atoms with van der Waals surface area (Å²) in [7, 11) is 0. The van der Waals surface area contributed by atoms with Crippen LogP contribution in [0.15, 0.2) is 48.7 Å². The highest BCUT2D eigenvalue weighted by molar-refractivity contribution is 5.67. The monoisotopic (exact) mass is 170 g/mol. The zero-order valence-electron chi connectivity index (χ0n) is 6.97. The molecule has 0 aliphatic heterocycles. The maximum absolute atomic E-state index is 11.3. The van der Waals surface area contributed by atoms with Crippen LogP contribution in [0.3, 0.4) is 0 Å². The van der Waals surface area contributed by atoms with E-state index in [1.54, 1.807) is 12.1 Å². The van der Waals surface area contributed by atoms with Gasteiger partial charge >= 0.3 is 0 Å². The summed E-state index contributed by atoms with van der Waals surface area (Å²) in [5, 5.41) is 11.3. The van der Waals surface area contributed by atoms with E-state index in [1.807, 2.05) is 30.3 Å². The molecule has 2 heteroatoms. The Balaban J connectivity index is 2.54. The fourth-order valence-corrected chi connectivity index (χ4v) is 1.23. The van der Waals surface area contributed by atoms with Gasteiger partial charge in [-0.25, -0.2) is 4.98 Å². The van der Waals surface area contributed by atoms with Crippen LogP contribution in [-0.4, -0.2) is 4.98 Å². The standard InChI is InChI=1S/C11H8NO/c13-11-10(7-4-8-12-11)9-5-2-1-3-6-9/h1-8H. The first kappa shape index (κ1) is 7.80. The van der Waals surface area contributed by atoms with Gasteiger partial charge < -0.3 is 0 Å². The molecule has 0 amide bonds. The van der Waals surface area contributed by atoms with Crippen molar-refractivity contribution < 1.29 is 5.11 Å². The number of pyridine rings is 1. The van der Waals surface area contributed by atoms with Gasteiger partial charge in [-0.05, 0) is 17.7 Å². The van der Waals surface area contributed by atoms with E-state index < -0.39 is 0 Å². The van der Waals surface area contributed by atoms with Crippen LogP contribution >= 0.6 is 0 Å². The highest BCUT2D eigenvalue weighted by Crippen LogP contribution is 2.26. The van der Waals surface area contributed by atoms with Crippen molar-refractivity contribution in [3.05, 3.63) is 48.7 Å². The van der Waals surface area contributed by atoms with E-state index in [1.165, 1.54) is 6.20 Å². The molecule has 2 aromatic rings. The zero-order valence-corrected chi connectivity index (χ0v) is 6.97. The van der Waals surface area contributed by atoms with E-state index in [0.29, 0.717) is 5.56 Å². The Labute approximate surface area is 76.5 Å². The van der Waals surface area contributed by atoms with E-state index in [2.05, 4.69) is 4.98 Å². The van der Waals surface area contributed by atoms with Gasteiger partial charge in [-0.15, -0.1) is 0 Å². The largest absolute Gasteiger partial charge is 0.277 e. The predicted molar refractivity (Wildman–Crippen MR) is 49.8 cm³/mol. The lowest BCUT2D eigenvalue weighted by Crippen LogP contribution is -1.79. The summed E-state index contributed by atoms with van der Waals surface area (Å²) in [6.45, 7) is 0. The fourth-order valence-electron chi connectivity index (χ4n) is 1.23. The maximum Gasteiger partial charge on any atom is 0.277 e. The molecule has 0 aliphatic rings. The van der Waals surface area contributed by atoms with Crippen molar-refractivity contribution in [3.63, 3.8) is 0 Å².